The number of rotatable bonds is 3. The molecule has 5 nitrogen and oxygen atoms in total. The number of aromatic nitrogens is 3. The van der Waals surface area contributed by atoms with E-state index in [1.165, 1.54) is 11.8 Å². The maximum absolute atomic E-state index is 5.26. The van der Waals surface area contributed by atoms with Crippen LogP contribution >= 0.6 is 11.8 Å². The van der Waals surface area contributed by atoms with Crippen LogP contribution in [0.15, 0.2) is 46.8 Å². The van der Waals surface area contributed by atoms with Crippen molar-refractivity contribution in [1.82, 2.24) is 15.0 Å². The molecule has 2 heterocycles. The Hall–Kier alpha value is -1.66. The summed E-state index contributed by atoms with van der Waals surface area (Å²) in [5.41, 5.74) is 2.49. The predicted molar refractivity (Wildman–Crippen MR) is 58.2 cm³/mol. The van der Waals surface area contributed by atoms with E-state index in [9.17, 15) is 0 Å². The summed E-state index contributed by atoms with van der Waals surface area (Å²) in [5, 5.41) is 1.47. The first-order valence-electron chi connectivity index (χ1n) is 4.27. The molecule has 0 aliphatic carbocycles. The smallest absolute Gasteiger partial charge is 0.193 e. The summed E-state index contributed by atoms with van der Waals surface area (Å²) >= 11 is 1.39. The molecule has 0 unspecified atom stereocenters. The third-order valence-electron chi connectivity index (χ3n) is 1.61. The van der Waals surface area contributed by atoms with Gasteiger partial charge in [0.1, 0.15) is 10.8 Å². The Morgan fingerprint density at radius 1 is 1.13 bits per heavy atom. The van der Waals surface area contributed by atoms with Gasteiger partial charge in [0.2, 0.25) is 0 Å². The summed E-state index contributed by atoms with van der Waals surface area (Å²) in [6.45, 7) is 0. The van der Waals surface area contributed by atoms with E-state index in [2.05, 4.69) is 20.4 Å². The van der Waals surface area contributed by atoms with Crippen molar-refractivity contribution >= 4 is 17.6 Å². The summed E-state index contributed by atoms with van der Waals surface area (Å²) in [5.74, 6) is 5.88. The van der Waals surface area contributed by atoms with Crippen LogP contribution in [-0.4, -0.2) is 15.0 Å². The van der Waals surface area contributed by atoms with Crippen LogP contribution in [-0.2, 0) is 0 Å². The van der Waals surface area contributed by atoms with Crippen LogP contribution in [0.3, 0.4) is 0 Å². The number of hydrazine groups is 1. The maximum atomic E-state index is 5.26. The highest BCUT2D eigenvalue weighted by Crippen LogP contribution is 2.22. The molecule has 76 valence electrons. The summed E-state index contributed by atoms with van der Waals surface area (Å²) in [4.78, 5) is 12.4. The molecular weight excluding hydrogens is 210 g/mol. The fourth-order valence-corrected chi connectivity index (χ4v) is 1.69. The number of nitrogens with one attached hydrogen (secondary N) is 1. The number of nitrogens with two attached hydrogens (primary N) is 1. The van der Waals surface area contributed by atoms with Crippen LogP contribution in [0.25, 0.3) is 0 Å². The Kier molecular flexibility index (Phi) is 3.11. The molecule has 0 saturated carbocycles. The van der Waals surface area contributed by atoms with Gasteiger partial charge in [-0.1, -0.05) is 6.07 Å². The molecule has 6 heteroatoms. The molecule has 0 spiro atoms. The largest absolute Gasteiger partial charge is 0.308 e. The molecule has 0 bridgehead atoms. The Balaban J connectivity index is 2.17. The lowest BCUT2D eigenvalue weighted by atomic mass is 10.5. The number of anilines is 1. The molecule has 0 aliphatic rings. The van der Waals surface area contributed by atoms with Crippen molar-refractivity contribution < 1.29 is 0 Å². The molecule has 0 radical (unpaired) electrons. The fraction of sp³-hybridized carbons (Fsp3) is 0. The van der Waals surface area contributed by atoms with Gasteiger partial charge in [0.15, 0.2) is 5.16 Å². The predicted octanol–water partition coefficient (Wildman–Crippen LogP) is 1.31. The monoisotopic (exact) mass is 219 g/mol. The van der Waals surface area contributed by atoms with Crippen LogP contribution in [0.5, 0.6) is 0 Å². The molecule has 0 amide bonds. The molecule has 0 atom stereocenters. The Morgan fingerprint density at radius 2 is 1.93 bits per heavy atom. The van der Waals surface area contributed by atoms with Crippen molar-refractivity contribution in [2.24, 2.45) is 5.84 Å². The highest BCUT2D eigenvalue weighted by Gasteiger charge is 2.01. The van der Waals surface area contributed by atoms with Crippen molar-refractivity contribution in [3.05, 3.63) is 36.7 Å². The van der Waals surface area contributed by atoms with Crippen LogP contribution in [0.4, 0.5) is 5.82 Å². The van der Waals surface area contributed by atoms with Crippen LogP contribution in [0, 0.1) is 0 Å². The SMILES string of the molecule is NNc1cccc(Sc2ncccn2)n1. The van der Waals surface area contributed by atoms with Gasteiger partial charge >= 0.3 is 0 Å². The number of nitrogens with zero attached hydrogens (tertiary/aromatic N) is 3. The van der Waals surface area contributed by atoms with Crippen molar-refractivity contribution in [1.29, 1.82) is 0 Å². The van der Waals surface area contributed by atoms with E-state index in [4.69, 9.17) is 5.84 Å². The molecule has 0 fully saturated rings. The average Bonchev–Trinajstić information content (AvgIpc) is 2.31. The molecule has 2 aromatic heterocycles. The minimum Gasteiger partial charge on any atom is -0.308 e. The number of hydrogen-bond donors (Lipinski definition) is 2. The van der Waals surface area contributed by atoms with E-state index in [0.717, 1.165) is 5.03 Å². The minimum atomic E-state index is 0.621. The lowest BCUT2D eigenvalue weighted by Crippen LogP contribution is -2.08. The van der Waals surface area contributed by atoms with Crippen molar-refractivity contribution in [3.8, 4) is 0 Å². The van der Waals surface area contributed by atoms with E-state index in [0.29, 0.717) is 11.0 Å². The van der Waals surface area contributed by atoms with Gasteiger partial charge < -0.3 is 5.43 Å². The van der Waals surface area contributed by atoms with Gasteiger partial charge in [-0.2, -0.15) is 0 Å². The third-order valence-corrected chi connectivity index (χ3v) is 2.44. The first-order valence-corrected chi connectivity index (χ1v) is 5.08. The molecule has 2 aromatic rings. The van der Waals surface area contributed by atoms with Gasteiger partial charge in [-0.25, -0.2) is 20.8 Å². The zero-order valence-electron chi connectivity index (χ0n) is 7.79. The normalized spacial score (nSPS) is 9.93. The van der Waals surface area contributed by atoms with Gasteiger partial charge in [-0.3, -0.25) is 0 Å². The minimum absolute atomic E-state index is 0.621. The second kappa shape index (κ2) is 4.72. The van der Waals surface area contributed by atoms with Crippen molar-refractivity contribution in [2.75, 3.05) is 5.43 Å². The van der Waals surface area contributed by atoms with Crippen molar-refractivity contribution in [2.45, 2.75) is 10.2 Å². The molecular formula is C9H9N5S. The fourth-order valence-electron chi connectivity index (χ4n) is 0.984. The lowest BCUT2D eigenvalue weighted by Gasteiger charge is -2.01. The second-order valence-corrected chi connectivity index (χ2v) is 3.63. The van der Waals surface area contributed by atoms with E-state index in [1.807, 2.05) is 12.1 Å². The summed E-state index contributed by atoms with van der Waals surface area (Å²) in [6.07, 6.45) is 3.39. The van der Waals surface area contributed by atoms with E-state index in [1.54, 1.807) is 24.5 Å². The lowest BCUT2D eigenvalue weighted by molar-refractivity contribution is 0.960. The number of hydrogen-bond acceptors (Lipinski definition) is 6. The summed E-state index contributed by atoms with van der Waals surface area (Å²) in [7, 11) is 0. The first kappa shape index (κ1) is 9.88. The molecule has 0 aliphatic heterocycles. The van der Waals surface area contributed by atoms with Crippen molar-refractivity contribution in [3.63, 3.8) is 0 Å². The van der Waals surface area contributed by atoms with Gasteiger partial charge in [0.25, 0.3) is 0 Å². The summed E-state index contributed by atoms with van der Waals surface area (Å²) in [6, 6.07) is 7.31. The topological polar surface area (TPSA) is 76.7 Å². The highest BCUT2D eigenvalue weighted by molar-refractivity contribution is 7.99. The first-order chi connectivity index (χ1) is 7.38. The van der Waals surface area contributed by atoms with Gasteiger partial charge in [0.05, 0.1) is 0 Å². The van der Waals surface area contributed by atoms with E-state index < -0.39 is 0 Å². The van der Waals surface area contributed by atoms with Gasteiger partial charge in [-0.05, 0) is 30.0 Å². The third kappa shape index (κ3) is 2.64. The molecule has 2 rings (SSSR count). The summed E-state index contributed by atoms with van der Waals surface area (Å²) < 4.78 is 0. The standard InChI is InChI=1S/C9H9N5S/c10-14-7-3-1-4-8(13-7)15-9-11-5-2-6-12-9/h1-6H,10H2,(H,13,14). The maximum Gasteiger partial charge on any atom is 0.193 e. The Morgan fingerprint density at radius 3 is 2.67 bits per heavy atom. The zero-order valence-corrected chi connectivity index (χ0v) is 8.61. The van der Waals surface area contributed by atoms with Gasteiger partial charge in [0, 0.05) is 12.4 Å². The molecule has 15 heavy (non-hydrogen) atoms. The quantitative estimate of drug-likeness (QED) is 0.460. The van der Waals surface area contributed by atoms with Gasteiger partial charge in [-0.15, -0.1) is 0 Å². The van der Waals surface area contributed by atoms with E-state index >= 15 is 0 Å². The molecule has 3 N–H and O–H groups in total. The highest BCUT2D eigenvalue weighted by atomic mass is 32.2. The van der Waals surface area contributed by atoms with Crippen LogP contribution in [0.2, 0.25) is 0 Å². The molecule has 0 saturated heterocycles. The average molecular weight is 219 g/mol. The van der Waals surface area contributed by atoms with Crippen LogP contribution < -0.4 is 11.3 Å². The van der Waals surface area contributed by atoms with Crippen LogP contribution in [0.1, 0.15) is 0 Å². The number of pyridine rings is 1. The Bertz CT molecular complexity index is 434. The Labute approximate surface area is 91.1 Å². The number of nitrogen functional groups attached to an aromatic ring is 1. The zero-order chi connectivity index (χ0) is 10.5. The molecule has 0 aromatic carbocycles. The van der Waals surface area contributed by atoms with E-state index in [-0.39, 0.29) is 0 Å². The second-order valence-electron chi connectivity index (χ2n) is 2.64.